The predicted molar refractivity (Wildman–Crippen MR) is 91.2 cm³/mol. The molecule has 1 aromatic carbocycles. The summed E-state index contributed by atoms with van der Waals surface area (Å²) in [4.78, 5) is 17.0. The first kappa shape index (κ1) is 18.2. The molecule has 26 heavy (non-hydrogen) atoms. The van der Waals surface area contributed by atoms with E-state index in [4.69, 9.17) is 23.5 Å². The molecule has 3 rings (SSSR count). The lowest BCUT2D eigenvalue weighted by molar-refractivity contribution is 0.0976. The van der Waals surface area contributed by atoms with Crippen LogP contribution < -0.4 is 14.2 Å². The van der Waals surface area contributed by atoms with E-state index in [1.54, 1.807) is 12.1 Å². The highest BCUT2D eigenvalue weighted by Crippen LogP contribution is 2.35. The molecule has 0 N–H and O–H groups in total. The first-order valence-corrected chi connectivity index (χ1v) is 8.39. The maximum absolute atomic E-state index is 12.6. The zero-order valence-corrected chi connectivity index (χ0v) is 15.1. The maximum atomic E-state index is 12.6. The summed E-state index contributed by atoms with van der Waals surface area (Å²) in [7, 11) is 4.55. The van der Waals surface area contributed by atoms with Crippen LogP contribution in [0.1, 0.15) is 40.8 Å². The molecule has 0 saturated carbocycles. The van der Waals surface area contributed by atoms with Gasteiger partial charge in [0.1, 0.15) is 5.75 Å². The van der Waals surface area contributed by atoms with E-state index in [2.05, 4.69) is 10.1 Å². The molecule has 1 saturated heterocycles. The molecule has 2 heterocycles. The van der Waals surface area contributed by atoms with Gasteiger partial charge in [0.05, 0.1) is 33.5 Å². The fraction of sp³-hybridized carbons (Fsp3) is 0.500. The average Bonchev–Trinajstić information content (AvgIpc) is 3.36. The van der Waals surface area contributed by atoms with E-state index in [0.29, 0.717) is 54.2 Å². The summed E-state index contributed by atoms with van der Waals surface area (Å²) >= 11 is 0. The SMILES string of the molecule is COc1cc(OC)c(C(=O)CCc2nc([C@@H]3CCOC3)no2)cc1OC. The first-order chi connectivity index (χ1) is 12.7. The lowest BCUT2D eigenvalue weighted by atomic mass is 10.0. The minimum absolute atomic E-state index is 0.105. The highest BCUT2D eigenvalue weighted by molar-refractivity contribution is 5.99. The van der Waals surface area contributed by atoms with Crippen molar-refractivity contribution in [2.75, 3.05) is 34.5 Å². The van der Waals surface area contributed by atoms with Gasteiger partial charge >= 0.3 is 0 Å². The Kier molecular flexibility index (Phi) is 5.72. The summed E-state index contributed by atoms with van der Waals surface area (Å²) in [6.45, 7) is 1.33. The second kappa shape index (κ2) is 8.18. The highest BCUT2D eigenvalue weighted by Gasteiger charge is 2.24. The summed E-state index contributed by atoms with van der Waals surface area (Å²) in [6, 6.07) is 3.26. The van der Waals surface area contributed by atoms with Gasteiger partial charge in [0, 0.05) is 31.4 Å². The lowest BCUT2D eigenvalue weighted by Crippen LogP contribution is -2.06. The molecule has 8 heteroatoms. The smallest absolute Gasteiger partial charge is 0.227 e. The summed E-state index contributed by atoms with van der Waals surface area (Å²) in [5.74, 6) is 2.57. The zero-order valence-electron chi connectivity index (χ0n) is 15.1. The Morgan fingerprint density at radius 2 is 1.88 bits per heavy atom. The largest absolute Gasteiger partial charge is 0.496 e. The molecule has 1 atom stereocenters. The normalized spacial score (nSPS) is 16.5. The van der Waals surface area contributed by atoms with Crippen LogP contribution in [0.3, 0.4) is 0 Å². The summed E-state index contributed by atoms with van der Waals surface area (Å²) in [5, 5.41) is 3.99. The van der Waals surface area contributed by atoms with Crippen molar-refractivity contribution in [2.24, 2.45) is 0 Å². The molecule has 0 bridgehead atoms. The van der Waals surface area contributed by atoms with Crippen molar-refractivity contribution in [1.29, 1.82) is 0 Å². The van der Waals surface area contributed by atoms with Gasteiger partial charge in [0.15, 0.2) is 23.1 Å². The Hall–Kier alpha value is -2.61. The molecule has 8 nitrogen and oxygen atoms in total. The molecule has 0 spiro atoms. The second-order valence-corrected chi connectivity index (χ2v) is 5.94. The van der Waals surface area contributed by atoms with E-state index < -0.39 is 0 Å². The van der Waals surface area contributed by atoms with Crippen LogP contribution in [0, 0.1) is 0 Å². The number of methoxy groups -OCH3 is 3. The van der Waals surface area contributed by atoms with Crippen molar-refractivity contribution in [3.63, 3.8) is 0 Å². The van der Waals surface area contributed by atoms with E-state index in [0.717, 1.165) is 6.42 Å². The third-order valence-electron chi connectivity index (χ3n) is 4.35. The van der Waals surface area contributed by atoms with Gasteiger partial charge in [-0.15, -0.1) is 0 Å². The Labute approximate surface area is 151 Å². The van der Waals surface area contributed by atoms with Crippen LogP contribution in [0.25, 0.3) is 0 Å². The Bertz CT molecular complexity index is 767. The number of hydrogen-bond acceptors (Lipinski definition) is 8. The molecule has 2 aromatic rings. The fourth-order valence-electron chi connectivity index (χ4n) is 2.88. The van der Waals surface area contributed by atoms with Crippen molar-refractivity contribution in [3.05, 3.63) is 29.4 Å². The molecule has 0 unspecified atom stereocenters. The third kappa shape index (κ3) is 3.80. The number of carbonyl (C=O) groups is 1. The standard InChI is InChI=1S/C18H22N2O6/c1-22-14-9-16(24-3)15(23-2)8-12(14)13(21)4-5-17-19-18(20-26-17)11-6-7-25-10-11/h8-9,11H,4-7,10H2,1-3H3/t11-/m1/s1. The molecule has 1 aromatic heterocycles. The number of hydrogen-bond donors (Lipinski definition) is 0. The number of rotatable bonds is 8. The minimum atomic E-state index is -0.105. The number of nitrogens with zero attached hydrogens (tertiary/aromatic N) is 2. The first-order valence-electron chi connectivity index (χ1n) is 8.39. The van der Waals surface area contributed by atoms with Gasteiger partial charge in [0.2, 0.25) is 5.89 Å². The second-order valence-electron chi connectivity index (χ2n) is 5.94. The van der Waals surface area contributed by atoms with Gasteiger partial charge in [-0.25, -0.2) is 0 Å². The molecule has 1 aliphatic rings. The minimum Gasteiger partial charge on any atom is -0.496 e. The van der Waals surface area contributed by atoms with Crippen molar-refractivity contribution >= 4 is 5.78 Å². The van der Waals surface area contributed by atoms with Gasteiger partial charge in [-0.3, -0.25) is 4.79 Å². The molecule has 1 fully saturated rings. The van der Waals surface area contributed by atoms with Crippen molar-refractivity contribution in [3.8, 4) is 17.2 Å². The quantitative estimate of drug-likeness (QED) is 0.661. The molecule has 0 aliphatic carbocycles. The van der Waals surface area contributed by atoms with Crippen LogP contribution in [-0.2, 0) is 11.2 Å². The molecule has 0 amide bonds. The van der Waals surface area contributed by atoms with Crippen molar-refractivity contribution in [1.82, 2.24) is 10.1 Å². The number of aromatic nitrogens is 2. The number of benzene rings is 1. The van der Waals surface area contributed by atoms with E-state index in [1.807, 2.05) is 0 Å². The predicted octanol–water partition coefficient (Wildman–Crippen LogP) is 2.41. The van der Waals surface area contributed by atoms with Gasteiger partial charge in [0.25, 0.3) is 0 Å². The summed E-state index contributed by atoms with van der Waals surface area (Å²) in [6.07, 6.45) is 1.46. The van der Waals surface area contributed by atoms with Crippen LogP contribution in [0.4, 0.5) is 0 Å². The molecule has 1 aliphatic heterocycles. The Morgan fingerprint density at radius 3 is 2.54 bits per heavy atom. The van der Waals surface area contributed by atoms with Crippen LogP contribution in [-0.4, -0.2) is 50.5 Å². The number of carbonyl (C=O) groups excluding carboxylic acids is 1. The Balaban J connectivity index is 1.69. The van der Waals surface area contributed by atoms with E-state index >= 15 is 0 Å². The number of ether oxygens (including phenoxy) is 4. The fourth-order valence-corrected chi connectivity index (χ4v) is 2.88. The Morgan fingerprint density at radius 1 is 1.15 bits per heavy atom. The number of ketones is 1. The topological polar surface area (TPSA) is 92.9 Å². The summed E-state index contributed by atoms with van der Waals surface area (Å²) < 4.78 is 26.4. The van der Waals surface area contributed by atoms with Crippen LogP contribution >= 0.6 is 0 Å². The van der Waals surface area contributed by atoms with Gasteiger partial charge < -0.3 is 23.5 Å². The van der Waals surface area contributed by atoms with E-state index in [1.165, 1.54) is 21.3 Å². The maximum Gasteiger partial charge on any atom is 0.227 e. The summed E-state index contributed by atoms with van der Waals surface area (Å²) in [5.41, 5.74) is 0.425. The van der Waals surface area contributed by atoms with Crippen LogP contribution in [0.5, 0.6) is 17.2 Å². The zero-order chi connectivity index (χ0) is 18.5. The van der Waals surface area contributed by atoms with E-state index in [9.17, 15) is 4.79 Å². The third-order valence-corrected chi connectivity index (χ3v) is 4.35. The van der Waals surface area contributed by atoms with Crippen molar-refractivity contribution in [2.45, 2.75) is 25.2 Å². The molecular weight excluding hydrogens is 340 g/mol. The van der Waals surface area contributed by atoms with Gasteiger partial charge in [-0.05, 0) is 12.5 Å². The van der Waals surface area contributed by atoms with Crippen LogP contribution in [0.2, 0.25) is 0 Å². The van der Waals surface area contributed by atoms with Crippen molar-refractivity contribution < 1.29 is 28.3 Å². The number of Topliss-reactive ketones (excluding diaryl/α,β-unsaturated/α-hetero) is 1. The highest BCUT2D eigenvalue weighted by atomic mass is 16.5. The van der Waals surface area contributed by atoms with Crippen LogP contribution in [0.15, 0.2) is 16.7 Å². The number of aryl methyl sites for hydroxylation is 1. The molecule has 140 valence electrons. The average molecular weight is 362 g/mol. The van der Waals surface area contributed by atoms with Gasteiger partial charge in [-0.2, -0.15) is 4.98 Å². The molecule has 0 radical (unpaired) electrons. The molecular formula is C18H22N2O6. The monoisotopic (exact) mass is 362 g/mol. The lowest BCUT2D eigenvalue weighted by Gasteiger charge is -2.13. The van der Waals surface area contributed by atoms with Gasteiger partial charge in [-0.1, -0.05) is 5.16 Å². The van der Waals surface area contributed by atoms with E-state index in [-0.39, 0.29) is 18.1 Å².